The molecule has 0 radical (unpaired) electrons. The second-order valence-corrected chi connectivity index (χ2v) is 8.29. The van der Waals surface area contributed by atoms with E-state index in [2.05, 4.69) is 56.7 Å². The molecule has 4 aromatic heterocycles. The summed E-state index contributed by atoms with van der Waals surface area (Å²) in [4.78, 5) is 0. The Labute approximate surface area is 181 Å². The van der Waals surface area contributed by atoms with Gasteiger partial charge in [-0.2, -0.15) is 5.10 Å². The van der Waals surface area contributed by atoms with Gasteiger partial charge in [0.25, 0.3) is 0 Å². The monoisotopic (exact) mass is 413 g/mol. The first-order valence-corrected chi connectivity index (χ1v) is 10.6. The third kappa shape index (κ3) is 2.95. The predicted octanol–water partition coefficient (Wildman–Crippen LogP) is 6.40. The number of hydrogen-bond acceptors (Lipinski definition) is 3. The number of fused-ring (bicyclic) bond motifs is 3. The smallest absolute Gasteiger partial charge is 0.135 e. The summed E-state index contributed by atoms with van der Waals surface area (Å²) in [6, 6.07) is 14.7. The van der Waals surface area contributed by atoms with E-state index in [0.29, 0.717) is 0 Å². The molecular weight excluding hydrogens is 386 g/mol. The van der Waals surface area contributed by atoms with Crippen LogP contribution in [0.15, 0.2) is 53.1 Å². The van der Waals surface area contributed by atoms with E-state index in [4.69, 9.17) is 14.3 Å². The summed E-state index contributed by atoms with van der Waals surface area (Å²) in [5.41, 5.74) is 6.90. The van der Waals surface area contributed by atoms with Crippen molar-refractivity contribution in [3.63, 3.8) is 0 Å². The quantitative estimate of drug-likeness (QED) is 0.342. The molecule has 0 saturated carbocycles. The topological polar surface area (TPSA) is 44.6 Å². The number of benzene rings is 1. The van der Waals surface area contributed by atoms with Crippen molar-refractivity contribution in [2.24, 2.45) is 0 Å². The number of ether oxygens (including phenoxy) is 1. The minimum atomic E-state index is 0.194. The average molecular weight is 414 g/mol. The fourth-order valence-corrected chi connectivity index (χ4v) is 4.88. The highest BCUT2D eigenvalue weighted by molar-refractivity contribution is 6.02. The molecule has 0 saturated heterocycles. The molecule has 1 atom stereocenters. The summed E-state index contributed by atoms with van der Waals surface area (Å²) in [5, 5.41) is 7.35. The second kappa shape index (κ2) is 7.05. The van der Waals surface area contributed by atoms with Crippen molar-refractivity contribution in [1.82, 2.24) is 14.2 Å². The van der Waals surface area contributed by atoms with Crippen LogP contribution in [-0.2, 0) is 0 Å². The summed E-state index contributed by atoms with van der Waals surface area (Å²) in [6.07, 6.45) is 2.05. The Balaban J connectivity index is 1.72. The van der Waals surface area contributed by atoms with Gasteiger partial charge in [-0.25, -0.2) is 4.52 Å². The SMILES string of the molecule is COc1ccc(C(C)n2c(C)c3c(C)nn4cc(-c5ccc(C)o5)cc4c3c2C)cc1. The molecule has 0 amide bonds. The lowest BCUT2D eigenvalue weighted by Crippen LogP contribution is -2.10. The first-order valence-electron chi connectivity index (χ1n) is 10.6. The standard InChI is InChI=1S/C26H27N3O2/c1-15-7-12-24(31-15)21-13-23-26-19(5)29(17(3)20-8-10-22(30-6)11-9-20)18(4)25(26)16(2)27-28(23)14-21/h7-14,17H,1-6H3. The number of rotatable bonds is 4. The van der Waals surface area contributed by atoms with Gasteiger partial charge in [-0.3, -0.25) is 0 Å². The third-order valence-electron chi connectivity index (χ3n) is 6.38. The number of aromatic nitrogens is 3. The summed E-state index contributed by atoms with van der Waals surface area (Å²) in [5.74, 6) is 2.65. The zero-order valence-corrected chi connectivity index (χ0v) is 18.9. The molecule has 0 bridgehead atoms. The fourth-order valence-electron chi connectivity index (χ4n) is 4.88. The maximum absolute atomic E-state index is 5.86. The Morgan fingerprint density at radius 2 is 1.65 bits per heavy atom. The molecule has 5 aromatic rings. The molecule has 0 spiro atoms. The van der Waals surface area contributed by atoms with Gasteiger partial charge >= 0.3 is 0 Å². The normalized spacial score (nSPS) is 12.7. The minimum Gasteiger partial charge on any atom is -0.497 e. The lowest BCUT2D eigenvalue weighted by molar-refractivity contribution is 0.414. The molecule has 1 unspecified atom stereocenters. The highest BCUT2D eigenvalue weighted by atomic mass is 16.5. The number of hydrogen-bond donors (Lipinski definition) is 0. The molecule has 1 aromatic carbocycles. The first kappa shape index (κ1) is 19.5. The average Bonchev–Trinajstić information content (AvgIpc) is 3.44. The van der Waals surface area contributed by atoms with Crippen LogP contribution in [0.3, 0.4) is 0 Å². The van der Waals surface area contributed by atoms with Crippen molar-refractivity contribution in [2.45, 2.75) is 40.7 Å². The summed E-state index contributed by atoms with van der Waals surface area (Å²) < 4.78 is 15.6. The molecule has 5 rings (SSSR count). The van der Waals surface area contributed by atoms with Gasteiger partial charge in [0, 0.05) is 33.9 Å². The Kier molecular flexibility index (Phi) is 4.43. The number of nitrogens with zero attached hydrogens (tertiary/aromatic N) is 3. The van der Waals surface area contributed by atoms with E-state index in [1.54, 1.807) is 7.11 Å². The highest BCUT2D eigenvalue weighted by Crippen LogP contribution is 2.37. The molecule has 0 aliphatic carbocycles. The Morgan fingerprint density at radius 3 is 2.29 bits per heavy atom. The number of aryl methyl sites for hydroxylation is 4. The van der Waals surface area contributed by atoms with Gasteiger partial charge in [-0.15, -0.1) is 0 Å². The van der Waals surface area contributed by atoms with Crippen molar-refractivity contribution in [3.05, 3.63) is 77.1 Å². The molecule has 4 heterocycles. The van der Waals surface area contributed by atoms with Crippen molar-refractivity contribution in [3.8, 4) is 17.1 Å². The van der Waals surface area contributed by atoms with E-state index in [-0.39, 0.29) is 6.04 Å². The summed E-state index contributed by atoms with van der Waals surface area (Å²) >= 11 is 0. The molecule has 0 N–H and O–H groups in total. The van der Waals surface area contributed by atoms with Gasteiger partial charge in [0.2, 0.25) is 0 Å². The van der Waals surface area contributed by atoms with Crippen LogP contribution in [0.5, 0.6) is 5.75 Å². The predicted molar refractivity (Wildman–Crippen MR) is 124 cm³/mol. The zero-order valence-electron chi connectivity index (χ0n) is 18.9. The van der Waals surface area contributed by atoms with Gasteiger partial charge in [0.05, 0.1) is 24.4 Å². The van der Waals surface area contributed by atoms with E-state index in [1.807, 2.05) is 35.7 Å². The van der Waals surface area contributed by atoms with Crippen LogP contribution < -0.4 is 4.74 Å². The van der Waals surface area contributed by atoms with E-state index >= 15 is 0 Å². The summed E-state index contributed by atoms with van der Waals surface area (Å²) in [6.45, 7) is 10.7. The molecule has 31 heavy (non-hydrogen) atoms. The molecular formula is C26H27N3O2. The van der Waals surface area contributed by atoms with E-state index in [0.717, 1.165) is 34.0 Å². The maximum Gasteiger partial charge on any atom is 0.135 e. The fraction of sp³-hybridized carbons (Fsp3) is 0.269. The Morgan fingerprint density at radius 1 is 0.935 bits per heavy atom. The van der Waals surface area contributed by atoms with E-state index in [9.17, 15) is 0 Å². The molecule has 5 nitrogen and oxygen atoms in total. The Bertz CT molecular complexity index is 1420. The van der Waals surface area contributed by atoms with Crippen molar-refractivity contribution in [1.29, 1.82) is 0 Å². The molecule has 0 aliphatic rings. The van der Waals surface area contributed by atoms with Crippen LogP contribution in [0.25, 0.3) is 27.6 Å². The lowest BCUT2D eigenvalue weighted by atomic mass is 10.1. The molecule has 0 aliphatic heterocycles. The molecule has 158 valence electrons. The van der Waals surface area contributed by atoms with Crippen LogP contribution in [0, 0.1) is 27.7 Å². The lowest BCUT2D eigenvalue weighted by Gasteiger charge is -2.19. The largest absolute Gasteiger partial charge is 0.497 e. The Hall–Kier alpha value is -3.47. The van der Waals surface area contributed by atoms with Crippen LogP contribution in [-0.4, -0.2) is 21.3 Å². The van der Waals surface area contributed by atoms with Crippen LogP contribution in [0.4, 0.5) is 0 Å². The summed E-state index contributed by atoms with van der Waals surface area (Å²) in [7, 11) is 1.70. The first-order chi connectivity index (χ1) is 14.9. The van der Waals surface area contributed by atoms with E-state index < -0.39 is 0 Å². The van der Waals surface area contributed by atoms with Crippen LogP contribution in [0.1, 0.15) is 41.4 Å². The molecule has 0 fully saturated rings. The highest BCUT2D eigenvalue weighted by Gasteiger charge is 2.22. The van der Waals surface area contributed by atoms with Crippen molar-refractivity contribution in [2.75, 3.05) is 7.11 Å². The van der Waals surface area contributed by atoms with Gasteiger partial charge in [-0.1, -0.05) is 12.1 Å². The minimum absolute atomic E-state index is 0.194. The second-order valence-electron chi connectivity index (χ2n) is 8.29. The van der Waals surface area contributed by atoms with Crippen molar-refractivity contribution >= 4 is 16.3 Å². The number of methoxy groups -OCH3 is 1. The third-order valence-corrected chi connectivity index (χ3v) is 6.38. The van der Waals surface area contributed by atoms with Gasteiger partial charge in [0.1, 0.15) is 17.3 Å². The van der Waals surface area contributed by atoms with Gasteiger partial charge < -0.3 is 13.7 Å². The van der Waals surface area contributed by atoms with Crippen LogP contribution >= 0.6 is 0 Å². The maximum atomic E-state index is 5.86. The number of furan rings is 1. The van der Waals surface area contributed by atoms with Gasteiger partial charge in [0.15, 0.2) is 0 Å². The zero-order chi connectivity index (χ0) is 21.9. The molecule has 5 heteroatoms. The van der Waals surface area contributed by atoms with E-state index in [1.165, 1.54) is 27.7 Å². The van der Waals surface area contributed by atoms with Crippen molar-refractivity contribution < 1.29 is 9.15 Å². The van der Waals surface area contributed by atoms with Crippen LogP contribution in [0.2, 0.25) is 0 Å². The van der Waals surface area contributed by atoms with Gasteiger partial charge in [-0.05, 0) is 70.5 Å².